The molecule has 1 rings (SSSR count). The van der Waals surface area contributed by atoms with E-state index in [-0.39, 0.29) is 0 Å². The van der Waals surface area contributed by atoms with Crippen LogP contribution in [-0.4, -0.2) is 37.6 Å². The molecule has 1 unspecified atom stereocenters. The summed E-state index contributed by atoms with van der Waals surface area (Å²) >= 11 is 0. The van der Waals surface area contributed by atoms with Crippen molar-refractivity contribution in [3.63, 3.8) is 0 Å². The Bertz CT molecular complexity index is 227. The second-order valence-corrected chi connectivity index (χ2v) is 5.54. The Morgan fingerprint density at radius 3 is 2.31 bits per heavy atom. The molecule has 1 N–H and O–H groups in total. The van der Waals surface area contributed by atoms with Gasteiger partial charge in [-0.05, 0) is 53.8 Å². The van der Waals surface area contributed by atoms with Crippen LogP contribution in [0.15, 0.2) is 12.2 Å². The Morgan fingerprint density at radius 2 is 1.94 bits per heavy atom. The summed E-state index contributed by atoms with van der Waals surface area (Å²) in [6.45, 7) is 6.14. The highest BCUT2D eigenvalue weighted by atomic mass is 15.2. The highest BCUT2D eigenvalue weighted by molar-refractivity contribution is 5.03. The Kier molecular flexibility index (Phi) is 5.00. The molecule has 1 aliphatic rings. The molecular formula is C14H28N2. The standard InChI is InChI=1S/C14H28N2/c1-12(2)8-9-13(15-3)14(16(4)5)10-6-7-11-14/h13,15H,1,6-11H2,2-5H3. The van der Waals surface area contributed by atoms with Crippen LogP contribution in [0.4, 0.5) is 0 Å². The van der Waals surface area contributed by atoms with E-state index in [1.807, 2.05) is 0 Å². The maximum Gasteiger partial charge on any atom is 0.0356 e. The average Bonchev–Trinajstić information content (AvgIpc) is 2.68. The van der Waals surface area contributed by atoms with E-state index in [2.05, 4.69) is 44.9 Å². The lowest BCUT2D eigenvalue weighted by molar-refractivity contribution is 0.104. The minimum absolute atomic E-state index is 0.379. The fourth-order valence-corrected chi connectivity index (χ4v) is 3.17. The molecule has 0 aromatic rings. The number of hydrogen-bond donors (Lipinski definition) is 1. The first kappa shape index (κ1) is 13.7. The molecule has 0 bridgehead atoms. The maximum absolute atomic E-state index is 4.01. The van der Waals surface area contributed by atoms with Crippen LogP contribution in [0, 0.1) is 0 Å². The fraction of sp³-hybridized carbons (Fsp3) is 0.857. The zero-order valence-electron chi connectivity index (χ0n) is 11.5. The van der Waals surface area contributed by atoms with Gasteiger partial charge in [0.25, 0.3) is 0 Å². The zero-order chi connectivity index (χ0) is 12.2. The van der Waals surface area contributed by atoms with Crippen molar-refractivity contribution < 1.29 is 0 Å². The molecule has 1 saturated carbocycles. The van der Waals surface area contributed by atoms with Crippen LogP contribution >= 0.6 is 0 Å². The molecule has 94 valence electrons. The molecular weight excluding hydrogens is 196 g/mol. The Morgan fingerprint density at radius 1 is 1.38 bits per heavy atom. The van der Waals surface area contributed by atoms with E-state index < -0.39 is 0 Å². The van der Waals surface area contributed by atoms with Gasteiger partial charge in [0.2, 0.25) is 0 Å². The van der Waals surface area contributed by atoms with E-state index in [1.165, 1.54) is 37.7 Å². The summed E-state index contributed by atoms with van der Waals surface area (Å²) in [4.78, 5) is 2.44. The van der Waals surface area contributed by atoms with Crippen molar-refractivity contribution in [2.75, 3.05) is 21.1 Å². The van der Waals surface area contributed by atoms with Gasteiger partial charge < -0.3 is 10.2 Å². The van der Waals surface area contributed by atoms with Gasteiger partial charge in [-0.2, -0.15) is 0 Å². The third-order valence-electron chi connectivity index (χ3n) is 4.22. The first-order valence-corrected chi connectivity index (χ1v) is 6.52. The highest BCUT2D eigenvalue weighted by Gasteiger charge is 2.41. The Balaban J connectivity index is 2.70. The molecule has 0 radical (unpaired) electrons. The van der Waals surface area contributed by atoms with E-state index >= 15 is 0 Å². The van der Waals surface area contributed by atoms with Gasteiger partial charge >= 0.3 is 0 Å². The van der Waals surface area contributed by atoms with Crippen LogP contribution < -0.4 is 5.32 Å². The van der Waals surface area contributed by atoms with Crippen molar-refractivity contribution >= 4 is 0 Å². The molecule has 0 aliphatic heterocycles. The van der Waals surface area contributed by atoms with Gasteiger partial charge in [-0.1, -0.05) is 18.4 Å². The van der Waals surface area contributed by atoms with Crippen LogP contribution in [0.5, 0.6) is 0 Å². The van der Waals surface area contributed by atoms with Crippen molar-refractivity contribution in [3.8, 4) is 0 Å². The molecule has 2 nitrogen and oxygen atoms in total. The average molecular weight is 224 g/mol. The van der Waals surface area contributed by atoms with Crippen molar-refractivity contribution in [1.82, 2.24) is 10.2 Å². The summed E-state index contributed by atoms with van der Waals surface area (Å²) < 4.78 is 0. The first-order valence-electron chi connectivity index (χ1n) is 6.52. The van der Waals surface area contributed by atoms with Crippen LogP contribution in [-0.2, 0) is 0 Å². The molecule has 0 saturated heterocycles. The third kappa shape index (κ3) is 2.86. The number of hydrogen-bond acceptors (Lipinski definition) is 2. The summed E-state index contributed by atoms with van der Waals surface area (Å²) in [6, 6.07) is 0.599. The minimum Gasteiger partial charge on any atom is -0.315 e. The molecule has 0 aromatic heterocycles. The van der Waals surface area contributed by atoms with E-state index in [1.54, 1.807) is 0 Å². The number of allylic oxidation sites excluding steroid dienone is 1. The number of rotatable bonds is 6. The van der Waals surface area contributed by atoms with Gasteiger partial charge in [-0.15, -0.1) is 6.58 Å². The van der Waals surface area contributed by atoms with E-state index in [0.717, 1.165) is 6.42 Å². The van der Waals surface area contributed by atoms with Gasteiger partial charge in [0.05, 0.1) is 0 Å². The van der Waals surface area contributed by atoms with Gasteiger partial charge in [-0.3, -0.25) is 0 Å². The zero-order valence-corrected chi connectivity index (χ0v) is 11.5. The predicted molar refractivity (Wildman–Crippen MR) is 71.8 cm³/mol. The normalized spacial score (nSPS) is 21.3. The maximum atomic E-state index is 4.01. The second kappa shape index (κ2) is 5.83. The summed E-state index contributed by atoms with van der Waals surface area (Å²) in [5, 5.41) is 3.54. The van der Waals surface area contributed by atoms with Crippen molar-refractivity contribution in [2.24, 2.45) is 0 Å². The van der Waals surface area contributed by atoms with Crippen molar-refractivity contribution in [2.45, 2.75) is 57.0 Å². The molecule has 0 aromatic carbocycles. The molecule has 1 fully saturated rings. The topological polar surface area (TPSA) is 15.3 Å². The van der Waals surface area contributed by atoms with Gasteiger partial charge in [0, 0.05) is 11.6 Å². The van der Waals surface area contributed by atoms with Gasteiger partial charge in [0.15, 0.2) is 0 Å². The Labute approximate surface area is 101 Å². The molecule has 1 aliphatic carbocycles. The molecule has 2 heteroatoms. The van der Waals surface area contributed by atoms with Gasteiger partial charge in [-0.25, -0.2) is 0 Å². The molecule has 0 amide bonds. The largest absolute Gasteiger partial charge is 0.315 e. The second-order valence-electron chi connectivity index (χ2n) is 5.54. The smallest absolute Gasteiger partial charge is 0.0356 e. The van der Waals surface area contributed by atoms with Crippen LogP contribution in [0.25, 0.3) is 0 Å². The minimum atomic E-state index is 0.379. The lowest BCUT2D eigenvalue weighted by Gasteiger charge is -2.43. The summed E-state index contributed by atoms with van der Waals surface area (Å²) in [5.41, 5.74) is 1.68. The molecule has 0 spiro atoms. The van der Waals surface area contributed by atoms with E-state index in [9.17, 15) is 0 Å². The number of likely N-dealkylation sites (N-methyl/N-ethyl adjacent to an activating group) is 2. The summed E-state index contributed by atoms with van der Waals surface area (Å²) in [6.07, 6.45) is 7.78. The SMILES string of the molecule is C=C(C)CCC(NC)C1(N(C)C)CCCC1. The lowest BCUT2D eigenvalue weighted by Crippen LogP contribution is -2.56. The molecule has 16 heavy (non-hydrogen) atoms. The van der Waals surface area contributed by atoms with Crippen molar-refractivity contribution in [3.05, 3.63) is 12.2 Å². The van der Waals surface area contributed by atoms with Crippen LogP contribution in [0.2, 0.25) is 0 Å². The molecule has 1 atom stereocenters. The quantitative estimate of drug-likeness (QED) is 0.698. The number of nitrogens with one attached hydrogen (secondary N) is 1. The van der Waals surface area contributed by atoms with Crippen LogP contribution in [0.3, 0.4) is 0 Å². The first-order chi connectivity index (χ1) is 7.53. The Hall–Kier alpha value is -0.340. The molecule has 0 heterocycles. The third-order valence-corrected chi connectivity index (χ3v) is 4.22. The highest BCUT2D eigenvalue weighted by Crippen LogP contribution is 2.38. The predicted octanol–water partition coefficient (Wildman–Crippen LogP) is 2.81. The fourth-order valence-electron chi connectivity index (χ4n) is 3.17. The number of nitrogens with zero attached hydrogens (tertiary/aromatic N) is 1. The monoisotopic (exact) mass is 224 g/mol. The van der Waals surface area contributed by atoms with Gasteiger partial charge in [0.1, 0.15) is 0 Å². The van der Waals surface area contributed by atoms with E-state index in [0.29, 0.717) is 11.6 Å². The van der Waals surface area contributed by atoms with E-state index in [4.69, 9.17) is 0 Å². The summed E-state index contributed by atoms with van der Waals surface area (Å²) in [7, 11) is 6.57. The summed E-state index contributed by atoms with van der Waals surface area (Å²) in [5.74, 6) is 0. The van der Waals surface area contributed by atoms with Crippen LogP contribution in [0.1, 0.15) is 45.4 Å². The lowest BCUT2D eigenvalue weighted by atomic mass is 9.83. The van der Waals surface area contributed by atoms with Crippen molar-refractivity contribution in [1.29, 1.82) is 0 Å².